The number of aromatic nitrogens is 4. The lowest BCUT2D eigenvalue weighted by molar-refractivity contribution is -0.157. The van der Waals surface area contributed by atoms with E-state index in [4.69, 9.17) is 21.6 Å². The number of anilines is 1. The lowest BCUT2D eigenvalue weighted by Gasteiger charge is -2.31. The van der Waals surface area contributed by atoms with Gasteiger partial charge in [0.05, 0.1) is 12.9 Å². The Morgan fingerprint density at radius 2 is 1.77 bits per heavy atom. The molecule has 0 fully saturated rings. The number of carbonyl (C=O) groups excluding carboxylic acids is 2. The number of hydrogen-bond donors (Lipinski definition) is 3. The molecule has 2 aromatic heterocycles. The van der Waals surface area contributed by atoms with Crippen LogP contribution < -0.4 is 11.1 Å². The third kappa shape index (κ3) is 10.4. The maximum atomic E-state index is 13.6. The lowest BCUT2D eigenvalue weighted by atomic mass is 9.98. The number of esters is 1. The summed E-state index contributed by atoms with van der Waals surface area (Å²) >= 11 is 0. The number of unbranched alkanes of at least 4 members (excludes halogenated alkanes) is 10. The molecule has 0 bridgehead atoms. The summed E-state index contributed by atoms with van der Waals surface area (Å²) in [7, 11) is 1.26. The number of aliphatic hydroxyl groups is 1. The van der Waals surface area contributed by atoms with Crippen LogP contribution in [0, 0.1) is 18.4 Å². The Hall–Kier alpha value is -3.30. The van der Waals surface area contributed by atoms with Gasteiger partial charge in [-0.15, -0.1) is 6.42 Å². The molecular formula is C28H43FN6O5. The average Bonchev–Trinajstić information content (AvgIpc) is 3.33. The van der Waals surface area contributed by atoms with Gasteiger partial charge >= 0.3 is 12.0 Å². The summed E-state index contributed by atoms with van der Waals surface area (Å²) in [5.41, 5.74) is 4.17. The summed E-state index contributed by atoms with van der Waals surface area (Å²) in [5, 5.41) is 13.4. The number of nitrogens with zero attached hydrogens (tertiary/aromatic N) is 4. The van der Waals surface area contributed by atoms with Gasteiger partial charge in [-0.25, -0.2) is 4.98 Å². The first-order chi connectivity index (χ1) is 19.3. The maximum Gasteiger partial charge on any atom is 0.325 e. The Bertz CT molecular complexity index is 1120. The quantitative estimate of drug-likeness (QED) is 0.0954. The van der Waals surface area contributed by atoms with Crippen LogP contribution >= 0.6 is 0 Å². The van der Waals surface area contributed by atoms with Gasteiger partial charge in [0.1, 0.15) is 24.8 Å². The summed E-state index contributed by atoms with van der Waals surface area (Å²) in [6.07, 6.45) is 17.9. The molecule has 11 nitrogen and oxygen atoms in total. The van der Waals surface area contributed by atoms with Gasteiger partial charge in [-0.05, 0) is 6.42 Å². The number of hydrogen-bond acceptors (Lipinski definition) is 9. The standard InChI is InChI=1S/C28H43FN6O5/c1-4-6-7-8-9-10-11-12-13-14-15-16-22(37)31-17-23(38)40-19-28(5-2,39-3)21(36)18-35-20-32-24-25(30)33-27(29)34-26(24)35/h2,20-21,36H,4,6-19H2,1,3H3,(H,31,37)(H2,30,33,34)/t21-,28?/m0/s1. The Labute approximate surface area is 235 Å². The average molecular weight is 563 g/mol. The molecule has 2 rings (SSSR count). The fourth-order valence-electron chi connectivity index (χ4n) is 4.34. The Morgan fingerprint density at radius 1 is 1.15 bits per heavy atom. The number of terminal acetylenes is 1. The first-order valence-corrected chi connectivity index (χ1v) is 14.0. The van der Waals surface area contributed by atoms with Crippen LogP contribution in [-0.2, 0) is 25.6 Å². The SMILES string of the molecule is C#CC(COC(=O)CNC(=O)CCCCCCCCCCCCC)(OC)[C@@H](O)Cn1cnc2c(N)nc(F)nc21. The summed E-state index contributed by atoms with van der Waals surface area (Å²) in [6.45, 7) is 1.20. The van der Waals surface area contributed by atoms with Crippen LogP contribution in [0.15, 0.2) is 6.33 Å². The van der Waals surface area contributed by atoms with Gasteiger partial charge in [0.25, 0.3) is 0 Å². The number of imidazole rings is 1. The predicted octanol–water partition coefficient (Wildman–Crippen LogP) is 3.29. The Balaban J connectivity index is 1.69. The highest BCUT2D eigenvalue weighted by Crippen LogP contribution is 2.21. The van der Waals surface area contributed by atoms with E-state index in [2.05, 4.69) is 33.1 Å². The topological polar surface area (TPSA) is 154 Å². The van der Waals surface area contributed by atoms with E-state index < -0.39 is 30.4 Å². The number of aliphatic hydroxyl groups excluding tert-OH is 1. The van der Waals surface area contributed by atoms with Gasteiger partial charge in [-0.2, -0.15) is 14.4 Å². The highest BCUT2D eigenvalue weighted by atomic mass is 19.1. The van der Waals surface area contributed by atoms with Gasteiger partial charge in [-0.1, -0.05) is 77.1 Å². The molecule has 4 N–H and O–H groups in total. The molecule has 0 aromatic carbocycles. The van der Waals surface area contributed by atoms with Gasteiger partial charge < -0.3 is 30.2 Å². The number of ether oxygens (including phenoxy) is 2. The predicted molar refractivity (Wildman–Crippen MR) is 149 cm³/mol. The third-order valence-corrected chi connectivity index (χ3v) is 6.86. The van der Waals surface area contributed by atoms with Crippen molar-refractivity contribution in [3.05, 3.63) is 12.4 Å². The molecule has 0 saturated heterocycles. The minimum Gasteiger partial charge on any atom is -0.460 e. The van der Waals surface area contributed by atoms with Crippen molar-refractivity contribution in [3.63, 3.8) is 0 Å². The minimum atomic E-state index is -1.72. The normalized spacial score (nSPS) is 13.5. The van der Waals surface area contributed by atoms with E-state index in [-0.39, 0.29) is 36.0 Å². The first kappa shape index (κ1) is 32.9. The molecule has 1 unspecified atom stereocenters. The second-order valence-electron chi connectivity index (χ2n) is 9.92. The van der Waals surface area contributed by atoms with Crippen molar-refractivity contribution in [3.8, 4) is 12.3 Å². The van der Waals surface area contributed by atoms with E-state index in [0.717, 1.165) is 19.3 Å². The molecular weight excluding hydrogens is 519 g/mol. The van der Waals surface area contributed by atoms with E-state index in [1.165, 1.54) is 69.4 Å². The summed E-state index contributed by atoms with van der Waals surface area (Å²) in [4.78, 5) is 35.5. The molecule has 0 spiro atoms. The van der Waals surface area contributed by atoms with E-state index in [0.29, 0.717) is 6.42 Å². The zero-order valence-corrected chi connectivity index (χ0v) is 23.7. The molecule has 2 aromatic rings. The van der Waals surface area contributed by atoms with Gasteiger partial charge in [-0.3, -0.25) is 9.59 Å². The van der Waals surface area contributed by atoms with E-state index >= 15 is 0 Å². The summed E-state index contributed by atoms with van der Waals surface area (Å²) in [5.74, 6) is 1.22. The maximum absolute atomic E-state index is 13.6. The number of fused-ring (bicyclic) bond motifs is 1. The number of nitrogen functional groups attached to an aromatic ring is 1. The molecule has 0 aliphatic rings. The molecule has 0 aliphatic heterocycles. The molecule has 0 saturated carbocycles. The number of halogens is 1. The summed E-state index contributed by atoms with van der Waals surface area (Å²) < 4.78 is 25.5. The number of carbonyl (C=O) groups is 2. The van der Waals surface area contributed by atoms with Gasteiger partial charge in [0.15, 0.2) is 17.1 Å². The zero-order chi connectivity index (χ0) is 29.4. The van der Waals surface area contributed by atoms with Crippen molar-refractivity contribution in [2.45, 2.75) is 102 Å². The Kier molecular flexibility index (Phi) is 14.3. The summed E-state index contributed by atoms with van der Waals surface area (Å²) in [6, 6.07) is 0. The molecule has 1 amide bonds. The molecule has 2 heterocycles. The molecule has 2 atom stereocenters. The number of nitrogens with two attached hydrogens (primary N) is 1. The highest BCUT2D eigenvalue weighted by Gasteiger charge is 2.39. The van der Waals surface area contributed by atoms with E-state index in [9.17, 15) is 19.1 Å². The van der Waals surface area contributed by atoms with Crippen LogP contribution in [0.3, 0.4) is 0 Å². The van der Waals surface area contributed by atoms with Crippen LogP contribution in [0.25, 0.3) is 11.2 Å². The number of rotatable bonds is 20. The zero-order valence-electron chi connectivity index (χ0n) is 23.7. The second-order valence-corrected chi connectivity index (χ2v) is 9.92. The first-order valence-electron chi connectivity index (χ1n) is 14.0. The number of nitrogens with one attached hydrogen (secondary N) is 1. The smallest absolute Gasteiger partial charge is 0.325 e. The molecule has 12 heteroatoms. The monoisotopic (exact) mass is 562 g/mol. The van der Waals surface area contributed by atoms with Crippen molar-refractivity contribution < 1.29 is 28.6 Å². The lowest BCUT2D eigenvalue weighted by Crippen LogP contribution is -2.50. The van der Waals surface area contributed by atoms with Crippen LogP contribution in [0.2, 0.25) is 0 Å². The van der Waals surface area contributed by atoms with Crippen LogP contribution in [0.4, 0.5) is 10.2 Å². The largest absolute Gasteiger partial charge is 0.460 e. The molecule has 222 valence electrons. The number of amides is 1. The van der Waals surface area contributed by atoms with Crippen LogP contribution in [0.1, 0.15) is 84.0 Å². The van der Waals surface area contributed by atoms with Crippen LogP contribution in [-0.4, -0.2) is 68.5 Å². The van der Waals surface area contributed by atoms with Crippen LogP contribution in [0.5, 0.6) is 0 Å². The second kappa shape index (κ2) is 17.4. The van der Waals surface area contributed by atoms with Crippen molar-refractivity contribution >= 4 is 28.9 Å². The minimum absolute atomic E-state index is 0.0589. The fraction of sp³-hybridized carbons (Fsp3) is 0.679. The van der Waals surface area contributed by atoms with Crippen molar-refractivity contribution in [2.24, 2.45) is 0 Å². The van der Waals surface area contributed by atoms with Crippen molar-refractivity contribution in [1.82, 2.24) is 24.8 Å². The fourth-order valence-corrected chi connectivity index (χ4v) is 4.34. The molecule has 0 radical (unpaired) electrons. The van der Waals surface area contributed by atoms with E-state index in [1.54, 1.807) is 0 Å². The highest BCUT2D eigenvalue weighted by molar-refractivity contribution is 5.82. The Morgan fingerprint density at radius 3 is 2.38 bits per heavy atom. The van der Waals surface area contributed by atoms with Gasteiger partial charge in [0, 0.05) is 13.5 Å². The third-order valence-electron chi connectivity index (χ3n) is 6.86. The van der Waals surface area contributed by atoms with Crippen molar-refractivity contribution in [2.75, 3.05) is 26.0 Å². The molecule has 40 heavy (non-hydrogen) atoms. The van der Waals surface area contributed by atoms with Gasteiger partial charge in [0.2, 0.25) is 5.91 Å². The number of methoxy groups -OCH3 is 1. The van der Waals surface area contributed by atoms with Crippen molar-refractivity contribution in [1.29, 1.82) is 0 Å². The molecule has 0 aliphatic carbocycles. The van der Waals surface area contributed by atoms with E-state index in [1.807, 2.05) is 0 Å².